The summed E-state index contributed by atoms with van der Waals surface area (Å²) in [7, 11) is 2.85. The van der Waals surface area contributed by atoms with Crippen LogP contribution in [0.1, 0.15) is 12.5 Å². The second-order valence-corrected chi connectivity index (χ2v) is 5.73. The molecule has 2 aromatic carbocycles. The number of hydrogen-bond acceptors (Lipinski definition) is 4. The summed E-state index contributed by atoms with van der Waals surface area (Å²) in [5.74, 6) is -0.621. The lowest BCUT2D eigenvalue weighted by Gasteiger charge is -2.24. The number of amides is 2. The Bertz CT molecular complexity index is 868. The molecular weight excluding hydrogens is 377 g/mol. The number of carbonyl (C=O) groups is 2. The van der Waals surface area contributed by atoms with E-state index in [9.17, 15) is 22.8 Å². The summed E-state index contributed by atoms with van der Waals surface area (Å²) in [5.41, 5.74) is -1.13. The first-order valence-electron chi connectivity index (χ1n) is 8.13. The fourth-order valence-corrected chi connectivity index (χ4v) is 2.56. The van der Waals surface area contributed by atoms with Crippen LogP contribution in [0.5, 0.6) is 11.5 Å². The second kappa shape index (κ2) is 8.64. The number of nitrogens with zero attached hydrogens (tertiary/aromatic N) is 1. The molecule has 0 fully saturated rings. The Balaban J connectivity index is 2.30. The number of ether oxygens (including phenoxy) is 2. The van der Waals surface area contributed by atoms with Crippen LogP contribution < -0.4 is 19.7 Å². The van der Waals surface area contributed by atoms with Gasteiger partial charge >= 0.3 is 6.18 Å². The molecule has 0 saturated heterocycles. The van der Waals surface area contributed by atoms with Gasteiger partial charge in [0, 0.05) is 13.0 Å². The minimum absolute atomic E-state index is 0.263. The van der Waals surface area contributed by atoms with Crippen molar-refractivity contribution >= 4 is 23.2 Å². The highest BCUT2D eigenvalue weighted by molar-refractivity contribution is 6.02. The number of carbonyl (C=O) groups excluding carboxylic acids is 2. The molecule has 0 unspecified atom stereocenters. The number of para-hydroxylation sites is 1. The summed E-state index contributed by atoms with van der Waals surface area (Å²) < 4.78 is 50.0. The van der Waals surface area contributed by atoms with Crippen LogP contribution in [-0.4, -0.2) is 32.6 Å². The van der Waals surface area contributed by atoms with Crippen LogP contribution in [-0.2, 0) is 15.8 Å². The Labute approximate surface area is 159 Å². The summed E-state index contributed by atoms with van der Waals surface area (Å²) >= 11 is 0. The molecule has 2 amide bonds. The number of anilines is 2. The molecule has 150 valence electrons. The van der Waals surface area contributed by atoms with E-state index in [4.69, 9.17) is 9.47 Å². The minimum atomic E-state index is -4.67. The third-order valence-electron chi connectivity index (χ3n) is 3.86. The van der Waals surface area contributed by atoms with Gasteiger partial charge in [-0.2, -0.15) is 13.2 Å². The van der Waals surface area contributed by atoms with Crippen molar-refractivity contribution in [3.63, 3.8) is 0 Å². The molecule has 0 spiro atoms. The van der Waals surface area contributed by atoms with Crippen molar-refractivity contribution in [1.29, 1.82) is 0 Å². The van der Waals surface area contributed by atoms with Gasteiger partial charge in [0.2, 0.25) is 11.8 Å². The summed E-state index contributed by atoms with van der Waals surface area (Å²) in [4.78, 5) is 25.2. The average molecular weight is 396 g/mol. The summed E-state index contributed by atoms with van der Waals surface area (Å²) in [5, 5.41) is 2.53. The third-order valence-corrected chi connectivity index (χ3v) is 3.86. The molecule has 0 aliphatic rings. The van der Waals surface area contributed by atoms with E-state index in [0.717, 1.165) is 24.0 Å². The van der Waals surface area contributed by atoms with Crippen LogP contribution in [0, 0.1) is 0 Å². The van der Waals surface area contributed by atoms with Crippen molar-refractivity contribution < 1.29 is 32.2 Å². The molecule has 0 aliphatic heterocycles. The smallest absolute Gasteiger partial charge is 0.418 e. The molecule has 28 heavy (non-hydrogen) atoms. The van der Waals surface area contributed by atoms with Crippen molar-refractivity contribution in [2.45, 2.75) is 13.1 Å². The zero-order chi connectivity index (χ0) is 20.9. The highest BCUT2D eigenvalue weighted by Crippen LogP contribution is 2.36. The molecule has 0 aliphatic carbocycles. The molecule has 2 aromatic rings. The van der Waals surface area contributed by atoms with E-state index in [2.05, 4.69) is 5.32 Å². The highest BCUT2D eigenvalue weighted by Gasteiger charge is 2.35. The van der Waals surface area contributed by atoms with E-state index in [1.807, 2.05) is 0 Å². The van der Waals surface area contributed by atoms with Crippen LogP contribution in [0.15, 0.2) is 42.5 Å². The molecule has 0 radical (unpaired) electrons. The van der Waals surface area contributed by atoms with Gasteiger partial charge in [0.25, 0.3) is 0 Å². The predicted octanol–water partition coefficient (Wildman–Crippen LogP) is 3.71. The number of halogens is 3. The Morgan fingerprint density at radius 1 is 1.07 bits per heavy atom. The van der Waals surface area contributed by atoms with E-state index in [-0.39, 0.29) is 5.69 Å². The normalized spacial score (nSPS) is 10.9. The van der Waals surface area contributed by atoms with Crippen molar-refractivity contribution in [3.05, 3.63) is 48.0 Å². The molecular formula is C19H19F3N2O4. The van der Waals surface area contributed by atoms with Crippen molar-refractivity contribution in [2.24, 2.45) is 0 Å². The van der Waals surface area contributed by atoms with Gasteiger partial charge in [-0.1, -0.05) is 12.1 Å². The van der Waals surface area contributed by atoms with Crippen molar-refractivity contribution in [1.82, 2.24) is 0 Å². The standard InChI is InChI=1S/C19H19F3N2O4/c1-12(25)24(16-7-5-4-6-14(16)19(20,21)22)11-18(26)23-15-10-13(27-2)8-9-17(15)28-3/h4-10H,11H2,1-3H3,(H,23,26). The molecule has 0 heterocycles. The average Bonchev–Trinajstić information content (AvgIpc) is 2.65. The van der Waals surface area contributed by atoms with Crippen LogP contribution in [0.4, 0.5) is 24.5 Å². The van der Waals surface area contributed by atoms with Gasteiger partial charge in [-0.05, 0) is 24.3 Å². The maximum Gasteiger partial charge on any atom is 0.418 e. The van der Waals surface area contributed by atoms with Crippen LogP contribution >= 0.6 is 0 Å². The number of hydrogen-bond donors (Lipinski definition) is 1. The van der Waals surface area contributed by atoms with E-state index in [1.165, 1.54) is 32.4 Å². The number of benzene rings is 2. The summed E-state index contributed by atoms with van der Waals surface area (Å²) in [6, 6.07) is 9.26. The molecule has 2 rings (SSSR count). The van der Waals surface area contributed by atoms with E-state index >= 15 is 0 Å². The first-order valence-corrected chi connectivity index (χ1v) is 8.13. The summed E-state index contributed by atoms with van der Waals surface area (Å²) in [6.45, 7) is 0.482. The van der Waals surface area contributed by atoms with Crippen LogP contribution in [0.2, 0.25) is 0 Å². The molecule has 0 aromatic heterocycles. The van der Waals surface area contributed by atoms with Crippen LogP contribution in [0.25, 0.3) is 0 Å². The monoisotopic (exact) mass is 396 g/mol. The number of nitrogens with one attached hydrogen (secondary N) is 1. The SMILES string of the molecule is COc1ccc(OC)c(NC(=O)CN(C(C)=O)c2ccccc2C(F)(F)F)c1. The van der Waals surface area contributed by atoms with Gasteiger partial charge in [0.15, 0.2) is 0 Å². The molecule has 0 atom stereocenters. The van der Waals surface area contributed by atoms with Crippen molar-refractivity contribution in [3.8, 4) is 11.5 Å². The predicted molar refractivity (Wildman–Crippen MR) is 97.6 cm³/mol. The lowest BCUT2D eigenvalue weighted by molar-refractivity contribution is -0.137. The van der Waals surface area contributed by atoms with Gasteiger partial charge in [-0.25, -0.2) is 0 Å². The first-order chi connectivity index (χ1) is 13.2. The van der Waals surface area contributed by atoms with E-state index < -0.39 is 35.8 Å². The second-order valence-electron chi connectivity index (χ2n) is 5.73. The van der Waals surface area contributed by atoms with E-state index in [0.29, 0.717) is 11.5 Å². The zero-order valence-corrected chi connectivity index (χ0v) is 15.5. The van der Waals surface area contributed by atoms with Gasteiger partial charge in [0.05, 0.1) is 31.2 Å². The largest absolute Gasteiger partial charge is 0.497 e. The number of alkyl halides is 3. The van der Waals surface area contributed by atoms with Crippen LogP contribution in [0.3, 0.4) is 0 Å². The molecule has 6 nitrogen and oxygen atoms in total. The Morgan fingerprint density at radius 2 is 1.75 bits per heavy atom. The Kier molecular flexibility index (Phi) is 6.50. The van der Waals surface area contributed by atoms with Gasteiger partial charge in [-0.15, -0.1) is 0 Å². The Morgan fingerprint density at radius 3 is 2.32 bits per heavy atom. The quantitative estimate of drug-likeness (QED) is 0.808. The fraction of sp³-hybridized carbons (Fsp3) is 0.263. The molecule has 1 N–H and O–H groups in total. The van der Waals surface area contributed by atoms with Crippen molar-refractivity contribution in [2.75, 3.05) is 31.0 Å². The minimum Gasteiger partial charge on any atom is -0.497 e. The molecule has 9 heteroatoms. The number of methoxy groups -OCH3 is 2. The first kappa shape index (κ1) is 21.1. The number of rotatable bonds is 6. The summed E-state index contributed by atoms with van der Waals surface area (Å²) in [6.07, 6.45) is -4.67. The third kappa shape index (κ3) is 4.93. The lowest BCUT2D eigenvalue weighted by Crippen LogP contribution is -2.37. The molecule has 0 bridgehead atoms. The lowest BCUT2D eigenvalue weighted by atomic mass is 10.1. The zero-order valence-electron chi connectivity index (χ0n) is 15.5. The van der Waals surface area contributed by atoms with E-state index in [1.54, 1.807) is 12.1 Å². The maximum absolute atomic E-state index is 13.3. The fourth-order valence-electron chi connectivity index (χ4n) is 2.56. The Hall–Kier alpha value is -3.23. The topological polar surface area (TPSA) is 67.9 Å². The molecule has 0 saturated carbocycles. The van der Waals surface area contributed by atoms with Gasteiger partial charge < -0.3 is 19.7 Å². The maximum atomic E-state index is 13.3. The van der Waals surface area contributed by atoms with Gasteiger partial charge in [-0.3, -0.25) is 9.59 Å². The highest BCUT2D eigenvalue weighted by atomic mass is 19.4. The van der Waals surface area contributed by atoms with Gasteiger partial charge in [0.1, 0.15) is 18.0 Å².